The van der Waals surface area contributed by atoms with Crippen LogP contribution in [-0.2, 0) is 11.3 Å². The maximum absolute atomic E-state index is 13.8. The molecule has 2 fully saturated rings. The van der Waals surface area contributed by atoms with Crippen LogP contribution in [0.2, 0.25) is 0 Å². The van der Waals surface area contributed by atoms with Gasteiger partial charge in [-0.3, -0.25) is 9.59 Å². The Morgan fingerprint density at radius 2 is 1.66 bits per heavy atom. The van der Waals surface area contributed by atoms with Crippen molar-refractivity contribution in [1.82, 2.24) is 25.1 Å². The van der Waals surface area contributed by atoms with Crippen LogP contribution in [0.15, 0.2) is 102 Å². The lowest BCUT2D eigenvalue weighted by atomic mass is 9.88. The Labute approximate surface area is 258 Å². The van der Waals surface area contributed by atoms with Gasteiger partial charge in [0, 0.05) is 31.8 Å². The van der Waals surface area contributed by atoms with Crippen molar-refractivity contribution in [3.63, 3.8) is 0 Å². The van der Waals surface area contributed by atoms with Gasteiger partial charge < -0.3 is 15.1 Å². The van der Waals surface area contributed by atoms with E-state index in [2.05, 4.69) is 42.8 Å². The standard InChI is InChI=1S/C35H40FN5O3/c1-5-24(2)34-25(3)39(21-31(27-11-7-6-8-12-27)28-13-9-10-14-30(42)19-28)22-32-40(34)33(43)23-38(4)41(32)35(44)37-20-26-15-17-29(36)18-16-26/h6-19,24,31-32,34H,3,5,20-23H2,1-2,4H3,(H,37,44)/t24?,31?,32-,34-/m0/s1. The molecule has 3 aromatic rings. The molecule has 3 amide bonds. The SMILES string of the molecule is C=C1[C@H](C(C)CC)N2C(=O)CN(C)N(C(=O)NCc3ccc(F)cc3)[C@H]2CN1CC(c1ccccc1)c1ccccc(=O)c1. The fourth-order valence-electron chi connectivity index (χ4n) is 6.31. The zero-order valence-corrected chi connectivity index (χ0v) is 25.5. The molecular weight excluding hydrogens is 557 g/mol. The lowest BCUT2D eigenvalue weighted by molar-refractivity contribution is -0.177. The molecule has 3 aromatic carbocycles. The molecule has 44 heavy (non-hydrogen) atoms. The molecule has 0 saturated carbocycles. The third kappa shape index (κ3) is 6.53. The van der Waals surface area contributed by atoms with Crippen LogP contribution >= 0.6 is 0 Å². The predicted octanol–water partition coefficient (Wildman–Crippen LogP) is 4.79. The van der Waals surface area contributed by atoms with Crippen molar-refractivity contribution in [3.8, 4) is 0 Å². The van der Waals surface area contributed by atoms with Gasteiger partial charge in [0.05, 0.1) is 19.1 Å². The summed E-state index contributed by atoms with van der Waals surface area (Å²) in [6, 6.07) is 24.2. The third-order valence-electron chi connectivity index (χ3n) is 8.78. The number of hydrazine groups is 1. The molecule has 2 aliphatic rings. The molecule has 230 valence electrons. The zero-order valence-electron chi connectivity index (χ0n) is 25.5. The van der Waals surface area contributed by atoms with Gasteiger partial charge in [0.25, 0.3) is 0 Å². The van der Waals surface area contributed by atoms with Crippen molar-refractivity contribution in [2.24, 2.45) is 5.92 Å². The van der Waals surface area contributed by atoms with Gasteiger partial charge in [-0.05, 0) is 46.9 Å². The Morgan fingerprint density at radius 1 is 1.00 bits per heavy atom. The monoisotopic (exact) mass is 597 g/mol. The minimum Gasteiger partial charge on any atom is -0.369 e. The van der Waals surface area contributed by atoms with Crippen LogP contribution in [0.4, 0.5) is 9.18 Å². The van der Waals surface area contributed by atoms with Crippen molar-refractivity contribution < 1.29 is 14.0 Å². The first-order valence-corrected chi connectivity index (χ1v) is 15.1. The van der Waals surface area contributed by atoms with Crippen LogP contribution < -0.4 is 10.7 Å². The van der Waals surface area contributed by atoms with Crippen LogP contribution in [0.3, 0.4) is 0 Å². The summed E-state index contributed by atoms with van der Waals surface area (Å²) >= 11 is 0. The average Bonchev–Trinajstić information content (AvgIpc) is 3.24. The Morgan fingerprint density at radius 3 is 2.36 bits per heavy atom. The smallest absolute Gasteiger partial charge is 0.334 e. The highest BCUT2D eigenvalue weighted by Crippen LogP contribution is 2.36. The number of halogens is 1. The van der Waals surface area contributed by atoms with Crippen molar-refractivity contribution in [1.29, 1.82) is 0 Å². The fourth-order valence-corrected chi connectivity index (χ4v) is 6.31. The first kappa shape index (κ1) is 30.9. The number of carbonyl (C=O) groups is 2. The molecule has 4 atom stereocenters. The number of rotatable bonds is 8. The van der Waals surface area contributed by atoms with E-state index >= 15 is 0 Å². The Bertz CT molecular complexity index is 1550. The molecule has 0 aromatic heterocycles. The summed E-state index contributed by atoms with van der Waals surface area (Å²) in [6.45, 7) is 9.84. The number of nitrogens with one attached hydrogen (secondary N) is 1. The van der Waals surface area contributed by atoms with Crippen LogP contribution in [0.1, 0.15) is 42.9 Å². The molecule has 0 spiro atoms. The van der Waals surface area contributed by atoms with Crippen LogP contribution in [0.5, 0.6) is 0 Å². The zero-order chi connectivity index (χ0) is 31.4. The van der Waals surface area contributed by atoms with Gasteiger partial charge >= 0.3 is 6.03 Å². The summed E-state index contributed by atoms with van der Waals surface area (Å²) < 4.78 is 13.4. The topological polar surface area (TPSA) is 76.2 Å². The number of hydrogen-bond acceptors (Lipinski definition) is 5. The van der Waals surface area contributed by atoms with E-state index < -0.39 is 6.17 Å². The predicted molar refractivity (Wildman–Crippen MR) is 169 cm³/mol. The van der Waals surface area contributed by atoms with E-state index in [-0.39, 0.29) is 54.2 Å². The maximum Gasteiger partial charge on any atom is 0.334 e. The molecule has 0 radical (unpaired) electrons. The molecule has 8 nitrogen and oxygen atoms in total. The van der Waals surface area contributed by atoms with Crippen molar-refractivity contribution in [2.75, 3.05) is 26.7 Å². The summed E-state index contributed by atoms with van der Waals surface area (Å²) in [5.41, 5.74) is 3.45. The number of fused-ring (bicyclic) bond motifs is 1. The van der Waals surface area contributed by atoms with Gasteiger partial charge in [-0.25, -0.2) is 19.2 Å². The van der Waals surface area contributed by atoms with Gasteiger partial charge in [-0.1, -0.05) is 87.5 Å². The fraction of sp³-hybridized carbons (Fsp3) is 0.343. The number of amides is 3. The number of urea groups is 1. The highest BCUT2D eigenvalue weighted by atomic mass is 19.1. The minimum atomic E-state index is -0.586. The third-order valence-corrected chi connectivity index (χ3v) is 8.78. The van der Waals surface area contributed by atoms with Crippen LogP contribution in [0.25, 0.3) is 0 Å². The molecule has 9 heteroatoms. The highest BCUT2D eigenvalue weighted by Gasteiger charge is 2.50. The summed E-state index contributed by atoms with van der Waals surface area (Å²) in [5.74, 6) is -0.470. The largest absolute Gasteiger partial charge is 0.369 e. The number of carbonyl (C=O) groups excluding carboxylic acids is 2. The number of likely N-dealkylation sites (N-methyl/N-ethyl adjacent to an activating group) is 1. The Balaban J connectivity index is 1.50. The number of hydrogen-bond donors (Lipinski definition) is 1. The van der Waals surface area contributed by atoms with Gasteiger partial charge in [0.2, 0.25) is 5.91 Å². The first-order chi connectivity index (χ1) is 21.2. The lowest BCUT2D eigenvalue weighted by Crippen LogP contribution is -2.74. The van der Waals surface area contributed by atoms with E-state index in [0.29, 0.717) is 13.1 Å². The Hall–Kier alpha value is -4.50. The summed E-state index contributed by atoms with van der Waals surface area (Å²) in [7, 11) is 1.74. The van der Waals surface area contributed by atoms with E-state index in [1.54, 1.807) is 47.4 Å². The lowest BCUT2D eigenvalue weighted by Gasteiger charge is -2.57. The summed E-state index contributed by atoms with van der Waals surface area (Å²) in [4.78, 5) is 44.0. The van der Waals surface area contributed by atoms with Crippen LogP contribution in [0, 0.1) is 11.7 Å². The molecule has 2 unspecified atom stereocenters. The number of nitrogens with zero attached hydrogens (tertiary/aromatic N) is 4. The van der Waals surface area contributed by atoms with Crippen molar-refractivity contribution in [2.45, 2.75) is 44.9 Å². The summed E-state index contributed by atoms with van der Waals surface area (Å²) in [5, 5.41) is 6.25. The van der Waals surface area contributed by atoms with Crippen LogP contribution in [-0.4, -0.2) is 70.6 Å². The van der Waals surface area contributed by atoms with Crippen molar-refractivity contribution >= 4 is 11.9 Å². The number of piperazine rings is 1. The molecule has 1 N–H and O–H groups in total. The molecule has 2 aliphatic heterocycles. The molecule has 2 heterocycles. The molecule has 2 saturated heterocycles. The van der Waals surface area contributed by atoms with Gasteiger partial charge in [-0.15, -0.1) is 0 Å². The van der Waals surface area contributed by atoms with Gasteiger partial charge in [0.1, 0.15) is 12.0 Å². The maximum atomic E-state index is 13.8. The van der Waals surface area contributed by atoms with Gasteiger partial charge in [-0.2, -0.15) is 0 Å². The number of benzene rings is 2. The second kappa shape index (κ2) is 13.4. The normalized spacial score (nSPS) is 20.2. The molecule has 5 rings (SSSR count). The van der Waals surface area contributed by atoms with E-state index in [9.17, 15) is 18.8 Å². The minimum absolute atomic E-state index is 0.0557. The Kier molecular flexibility index (Phi) is 9.44. The van der Waals surface area contributed by atoms with E-state index in [1.807, 2.05) is 35.2 Å². The second-order valence-electron chi connectivity index (χ2n) is 11.7. The first-order valence-electron chi connectivity index (χ1n) is 15.1. The van der Waals surface area contributed by atoms with E-state index in [0.717, 1.165) is 28.8 Å². The summed E-state index contributed by atoms with van der Waals surface area (Å²) in [6.07, 6.45) is 0.230. The molecule has 0 aliphatic carbocycles. The highest BCUT2D eigenvalue weighted by molar-refractivity contribution is 5.83. The second-order valence-corrected chi connectivity index (χ2v) is 11.7. The quantitative estimate of drug-likeness (QED) is 0.404. The van der Waals surface area contributed by atoms with E-state index in [1.165, 1.54) is 12.1 Å². The molecular formula is C35H40FN5O3. The molecule has 0 bridgehead atoms. The van der Waals surface area contributed by atoms with Gasteiger partial charge in [0.15, 0.2) is 5.43 Å². The van der Waals surface area contributed by atoms with E-state index in [4.69, 9.17) is 0 Å². The average molecular weight is 598 g/mol. The van der Waals surface area contributed by atoms with Crippen molar-refractivity contribution in [3.05, 3.63) is 130 Å².